The molecule has 7 heteroatoms. The Morgan fingerprint density at radius 2 is 1.91 bits per heavy atom. The number of carbonyl (C=O) groups is 2. The summed E-state index contributed by atoms with van der Waals surface area (Å²) in [4.78, 5) is 24.4. The fourth-order valence-electron chi connectivity index (χ4n) is 2.03. The van der Waals surface area contributed by atoms with Crippen LogP contribution in [0.2, 0.25) is 0 Å². The summed E-state index contributed by atoms with van der Waals surface area (Å²) in [6.07, 6.45) is 2.97. The van der Waals surface area contributed by atoms with Gasteiger partial charge < -0.3 is 20.8 Å². The van der Waals surface area contributed by atoms with Crippen LogP contribution in [0.3, 0.4) is 0 Å². The molecule has 1 aromatic rings. The van der Waals surface area contributed by atoms with Crippen LogP contribution in [0.4, 0.5) is 0 Å². The number of nitrogens with two attached hydrogens (primary N) is 1. The van der Waals surface area contributed by atoms with Crippen molar-refractivity contribution in [3.63, 3.8) is 0 Å². The van der Waals surface area contributed by atoms with Crippen molar-refractivity contribution in [3.8, 4) is 0 Å². The monoisotopic (exact) mass is 345 g/mol. The molecule has 132 valence electrons. The molecule has 2 amide bonds. The summed E-state index contributed by atoms with van der Waals surface area (Å²) in [5.41, 5.74) is 5.77. The van der Waals surface area contributed by atoms with E-state index in [1.165, 1.54) is 6.26 Å². The first-order chi connectivity index (χ1) is 10.3. The molecule has 0 aliphatic carbocycles. The molecule has 0 aromatic carbocycles. The maximum Gasteiger partial charge on any atom is 0.287 e. The first-order valence-electron chi connectivity index (χ1n) is 7.74. The van der Waals surface area contributed by atoms with Crippen LogP contribution in [0.25, 0.3) is 0 Å². The summed E-state index contributed by atoms with van der Waals surface area (Å²) in [5.74, 6) is -0.487. The summed E-state index contributed by atoms with van der Waals surface area (Å²) in [6.45, 7) is 8.13. The third-order valence-electron chi connectivity index (χ3n) is 4.00. The lowest BCUT2D eigenvalue weighted by atomic mass is 9.94. The first kappa shape index (κ1) is 21.5. The van der Waals surface area contributed by atoms with E-state index in [0.29, 0.717) is 6.54 Å². The number of nitrogens with one attached hydrogen (secondary N) is 2. The van der Waals surface area contributed by atoms with Gasteiger partial charge >= 0.3 is 0 Å². The molecule has 1 aromatic heterocycles. The third-order valence-corrected chi connectivity index (χ3v) is 4.00. The normalized spacial score (nSPS) is 12.4. The van der Waals surface area contributed by atoms with Crippen molar-refractivity contribution in [2.45, 2.75) is 52.1 Å². The average molecular weight is 346 g/mol. The minimum absolute atomic E-state index is 0. The van der Waals surface area contributed by atoms with Crippen molar-refractivity contribution in [1.82, 2.24) is 10.6 Å². The molecule has 0 saturated heterocycles. The second kappa shape index (κ2) is 9.57. The van der Waals surface area contributed by atoms with Crippen LogP contribution in [-0.4, -0.2) is 29.9 Å². The van der Waals surface area contributed by atoms with E-state index in [1.54, 1.807) is 12.1 Å². The van der Waals surface area contributed by atoms with E-state index in [0.717, 1.165) is 12.8 Å². The van der Waals surface area contributed by atoms with Crippen molar-refractivity contribution >= 4 is 24.2 Å². The minimum Gasteiger partial charge on any atom is -0.459 e. The quantitative estimate of drug-likeness (QED) is 0.672. The van der Waals surface area contributed by atoms with Gasteiger partial charge in [-0.3, -0.25) is 9.59 Å². The molecular weight excluding hydrogens is 318 g/mol. The van der Waals surface area contributed by atoms with Gasteiger partial charge in [0.1, 0.15) is 6.04 Å². The van der Waals surface area contributed by atoms with Gasteiger partial charge in [-0.25, -0.2) is 0 Å². The number of carbonyl (C=O) groups excluding carboxylic acids is 2. The summed E-state index contributed by atoms with van der Waals surface area (Å²) < 4.78 is 5.04. The number of halogens is 1. The molecule has 1 heterocycles. The van der Waals surface area contributed by atoms with Crippen LogP contribution < -0.4 is 16.4 Å². The smallest absolute Gasteiger partial charge is 0.287 e. The second-order valence-corrected chi connectivity index (χ2v) is 5.96. The molecule has 23 heavy (non-hydrogen) atoms. The topological polar surface area (TPSA) is 97.4 Å². The second-order valence-electron chi connectivity index (χ2n) is 5.96. The summed E-state index contributed by atoms with van der Waals surface area (Å²) >= 11 is 0. The summed E-state index contributed by atoms with van der Waals surface area (Å²) in [6, 6.07) is 2.56. The highest BCUT2D eigenvalue weighted by molar-refractivity contribution is 5.95. The van der Waals surface area contributed by atoms with Gasteiger partial charge in [0, 0.05) is 12.1 Å². The number of hydrogen-bond acceptors (Lipinski definition) is 4. The number of rotatable bonds is 8. The Labute approximate surface area is 144 Å². The zero-order valence-corrected chi connectivity index (χ0v) is 15.0. The van der Waals surface area contributed by atoms with Gasteiger partial charge in [0.2, 0.25) is 5.91 Å². The van der Waals surface area contributed by atoms with Gasteiger partial charge in [0.15, 0.2) is 5.76 Å². The van der Waals surface area contributed by atoms with Crippen LogP contribution in [0, 0.1) is 5.92 Å². The van der Waals surface area contributed by atoms with Gasteiger partial charge in [-0.05, 0) is 30.9 Å². The van der Waals surface area contributed by atoms with Gasteiger partial charge in [-0.15, -0.1) is 12.4 Å². The lowest BCUT2D eigenvalue weighted by Crippen LogP contribution is -2.55. The van der Waals surface area contributed by atoms with Gasteiger partial charge in [0.05, 0.1) is 6.26 Å². The highest BCUT2D eigenvalue weighted by Gasteiger charge is 2.28. The number of amides is 2. The van der Waals surface area contributed by atoms with Crippen molar-refractivity contribution in [1.29, 1.82) is 0 Å². The predicted octanol–water partition coefficient (Wildman–Crippen LogP) is 2.09. The van der Waals surface area contributed by atoms with E-state index < -0.39 is 17.5 Å². The SMILES string of the molecule is CCC(N)(CC)CNC(=O)C(NC(=O)c1ccco1)C(C)C.Cl. The van der Waals surface area contributed by atoms with Crippen LogP contribution in [-0.2, 0) is 4.79 Å². The van der Waals surface area contributed by atoms with E-state index in [2.05, 4.69) is 10.6 Å². The Hall–Kier alpha value is -1.53. The predicted molar refractivity (Wildman–Crippen MR) is 92.6 cm³/mol. The molecule has 0 aliphatic heterocycles. The molecule has 0 saturated carbocycles. The lowest BCUT2D eigenvalue weighted by molar-refractivity contribution is -0.124. The minimum atomic E-state index is -0.629. The number of furan rings is 1. The molecule has 1 unspecified atom stereocenters. The van der Waals surface area contributed by atoms with E-state index in [1.807, 2.05) is 27.7 Å². The molecule has 6 nitrogen and oxygen atoms in total. The van der Waals surface area contributed by atoms with Gasteiger partial charge in [-0.1, -0.05) is 27.7 Å². The van der Waals surface area contributed by atoms with E-state index in [4.69, 9.17) is 10.2 Å². The molecule has 0 bridgehead atoms. The average Bonchev–Trinajstić information content (AvgIpc) is 3.03. The largest absolute Gasteiger partial charge is 0.459 e. The summed E-state index contributed by atoms with van der Waals surface area (Å²) in [5, 5.41) is 5.55. The van der Waals surface area contributed by atoms with E-state index in [-0.39, 0.29) is 30.0 Å². The fraction of sp³-hybridized carbons (Fsp3) is 0.625. The Morgan fingerprint density at radius 3 is 2.35 bits per heavy atom. The highest BCUT2D eigenvalue weighted by Crippen LogP contribution is 2.10. The fourth-order valence-corrected chi connectivity index (χ4v) is 2.03. The van der Waals surface area contributed by atoms with Crippen LogP contribution in [0.1, 0.15) is 51.1 Å². The molecule has 4 N–H and O–H groups in total. The van der Waals surface area contributed by atoms with Crippen molar-refractivity contribution in [2.75, 3.05) is 6.54 Å². The molecule has 0 aliphatic rings. The Kier molecular flexibility index (Phi) is 8.94. The van der Waals surface area contributed by atoms with Crippen molar-refractivity contribution in [3.05, 3.63) is 24.2 Å². The third kappa shape index (κ3) is 6.23. The maximum absolute atomic E-state index is 12.4. The highest BCUT2D eigenvalue weighted by atomic mass is 35.5. The standard InChI is InChI=1S/C16H27N3O3.ClH/c1-5-16(17,6-2)10-18-15(21)13(11(3)4)19-14(20)12-8-7-9-22-12;/h7-9,11,13H,5-6,10,17H2,1-4H3,(H,18,21)(H,19,20);1H. The van der Waals surface area contributed by atoms with Crippen LogP contribution in [0.5, 0.6) is 0 Å². The van der Waals surface area contributed by atoms with Crippen LogP contribution >= 0.6 is 12.4 Å². The maximum atomic E-state index is 12.4. The molecule has 0 radical (unpaired) electrons. The molecular formula is C16H28ClN3O3. The van der Waals surface area contributed by atoms with Gasteiger partial charge in [0.25, 0.3) is 5.91 Å². The Morgan fingerprint density at radius 1 is 1.30 bits per heavy atom. The molecule has 0 fully saturated rings. The Balaban J connectivity index is 0.00000484. The van der Waals surface area contributed by atoms with E-state index >= 15 is 0 Å². The first-order valence-corrected chi connectivity index (χ1v) is 7.74. The molecule has 0 spiro atoms. The lowest BCUT2D eigenvalue weighted by Gasteiger charge is -2.29. The Bertz CT molecular complexity index is 485. The van der Waals surface area contributed by atoms with Crippen LogP contribution in [0.15, 0.2) is 22.8 Å². The van der Waals surface area contributed by atoms with Crippen molar-refractivity contribution < 1.29 is 14.0 Å². The molecule has 1 rings (SSSR count). The zero-order valence-electron chi connectivity index (χ0n) is 14.2. The van der Waals surface area contributed by atoms with Crippen molar-refractivity contribution in [2.24, 2.45) is 11.7 Å². The summed E-state index contributed by atoms with van der Waals surface area (Å²) in [7, 11) is 0. The van der Waals surface area contributed by atoms with Gasteiger partial charge in [-0.2, -0.15) is 0 Å². The zero-order chi connectivity index (χ0) is 16.8. The van der Waals surface area contributed by atoms with E-state index in [9.17, 15) is 9.59 Å². The number of hydrogen-bond donors (Lipinski definition) is 3. The molecule has 1 atom stereocenters.